The Morgan fingerprint density at radius 2 is 1.44 bits per heavy atom. The molecule has 2 heterocycles. The second-order valence-electron chi connectivity index (χ2n) is 8.99. The molecule has 9 heteroatoms. The van der Waals surface area contributed by atoms with Crippen molar-refractivity contribution in [1.29, 1.82) is 0 Å². The van der Waals surface area contributed by atoms with Crippen LogP contribution in [0, 0.1) is 0 Å². The second-order valence-corrected chi connectivity index (χ2v) is 8.99. The van der Waals surface area contributed by atoms with Crippen LogP contribution in [0.2, 0.25) is 0 Å². The Labute approximate surface area is 186 Å². The first-order valence-electron chi connectivity index (χ1n) is 11.5. The maximum Gasteiger partial charge on any atom is 0.416 e. The van der Waals surface area contributed by atoms with Gasteiger partial charge in [0.1, 0.15) is 0 Å². The molecule has 0 aromatic heterocycles. The van der Waals surface area contributed by atoms with Gasteiger partial charge in [-0.3, -0.25) is 19.4 Å². The minimum absolute atomic E-state index is 0.00338. The number of hydrogen-bond donors (Lipinski definition) is 0. The van der Waals surface area contributed by atoms with Gasteiger partial charge in [-0.15, -0.1) is 0 Å². The van der Waals surface area contributed by atoms with Crippen molar-refractivity contribution in [3.05, 3.63) is 35.4 Å². The van der Waals surface area contributed by atoms with E-state index in [4.69, 9.17) is 0 Å². The van der Waals surface area contributed by atoms with E-state index in [0.29, 0.717) is 38.8 Å². The van der Waals surface area contributed by atoms with Crippen molar-refractivity contribution in [3.8, 4) is 0 Å². The quantitative estimate of drug-likeness (QED) is 0.687. The lowest BCUT2D eigenvalue weighted by Crippen LogP contribution is -2.56. The van der Waals surface area contributed by atoms with Gasteiger partial charge in [0.25, 0.3) is 0 Å². The number of nitrogens with zero attached hydrogens (tertiary/aromatic N) is 4. The SMILES string of the molecule is O=C(Cc1ccccc1C(F)(F)F)N1CCN(CC(=O)N2CCN(C3CCC3)CC2)CC1. The molecule has 2 aliphatic heterocycles. The van der Waals surface area contributed by atoms with Crippen molar-refractivity contribution < 1.29 is 22.8 Å². The van der Waals surface area contributed by atoms with Crippen molar-refractivity contribution in [3.63, 3.8) is 0 Å². The van der Waals surface area contributed by atoms with Crippen LogP contribution < -0.4 is 0 Å². The molecule has 4 rings (SSSR count). The number of hydrogen-bond acceptors (Lipinski definition) is 4. The van der Waals surface area contributed by atoms with Crippen molar-refractivity contribution >= 4 is 11.8 Å². The van der Waals surface area contributed by atoms with Gasteiger partial charge in [0.05, 0.1) is 18.5 Å². The van der Waals surface area contributed by atoms with Crippen molar-refractivity contribution in [2.75, 3.05) is 58.9 Å². The molecule has 176 valence electrons. The van der Waals surface area contributed by atoms with Crippen LogP contribution in [0.4, 0.5) is 13.2 Å². The van der Waals surface area contributed by atoms with Gasteiger partial charge in [0.15, 0.2) is 0 Å². The molecule has 2 amide bonds. The largest absolute Gasteiger partial charge is 0.416 e. The van der Waals surface area contributed by atoms with Crippen LogP contribution in [0.25, 0.3) is 0 Å². The van der Waals surface area contributed by atoms with E-state index >= 15 is 0 Å². The molecule has 6 nitrogen and oxygen atoms in total. The molecule has 0 radical (unpaired) electrons. The Hall–Kier alpha value is -2.13. The minimum atomic E-state index is -4.47. The molecule has 0 atom stereocenters. The summed E-state index contributed by atoms with van der Waals surface area (Å²) in [5.74, 6) is -0.183. The van der Waals surface area contributed by atoms with Gasteiger partial charge in [-0.1, -0.05) is 24.6 Å². The molecule has 0 N–H and O–H groups in total. The second kappa shape index (κ2) is 9.79. The van der Waals surface area contributed by atoms with Gasteiger partial charge in [0.2, 0.25) is 11.8 Å². The van der Waals surface area contributed by atoms with Crippen LogP contribution in [0.1, 0.15) is 30.4 Å². The zero-order valence-electron chi connectivity index (χ0n) is 18.3. The molecule has 1 aromatic carbocycles. The van der Waals surface area contributed by atoms with Gasteiger partial charge >= 0.3 is 6.18 Å². The molecule has 1 aliphatic carbocycles. The maximum atomic E-state index is 13.2. The lowest BCUT2D eigenvalue weighted by molar-refractivity contribution is -0.138. The fraction of sp³-hybridized carbons (Fsp3) is 0.652. The van der Waals surface area contributed by atoms with Crippen molar-refractivity contribution in [2.24, 2.45) is 0 Å². The molecule has 1 saturated carbocycles. The minimum Gasteiger partial charge on any atom is -0.340 e. The zero-order valence-corrected chi connectivity index (χ0v) is 18.3. The third-order valence-electron chi connectivity index (χ3n) is 7.01. The number of piperazine rings is 2. The summed E-state index contributed by atoms with van der Waals surface area (Å²) in [6.07, 6.45) is -0.871. The van der Waals surface area contributed by atoms with Gasteiger partial charge in [-0.2, -0.15) is 13.2 Å². The number of benzene rings is 1. The fourth-order valence-electron chi connectivity index (χ4n) is 4.76. The standard InChI is InChI=1S/C23H31F3N4O2/c24-23(25,26)20-7-2-1-4-18(20)16-21(31)29-10-8-27(9-11-29)17-22(32)30-14-12-28(13-15-30)19-5-3-6-19/h1-2,4,7,19H,3,5-6,8-17H2. The fourth-order valence-corrected chi connectivity index (χ4v) is 4.76. The Bertz CT molecular complexity index is 812. The number of halogens is 3. The van der Waals surface area contributed by atoms with Crippen LogP contribution in [0.3, 0.4) is 0 Å². The lowest BCUT2D eigenvalue weighted by Gasteiger charge is -2.43. The first-order valence-corrected chi connectivity index (χ1v) is 11.5. The first-order chi connectivity index (χ1) is 15.3. The smallest absolute Gasteiger partial charge is 0.340 e. The Morgan fingerprint density at radius 1 is 0.844 bits per heavy atom. The average Bonchev–Trinajstić information content (AvgIpc) is 2.73. The van der Waals surface area contributed by atoms with E-state index in [1.54, 1.807) is 4.90 Å². The van der Waals surface area contributed by atoms with E-state index in [0.717, 1.165) is 32.2 Å². The Balaban J connectivity index is 1.21. The van der Waals surface area contributed by atoms with E-state index in [1.807, 2.05) is 9.80 Å². The van der Waals surface area contributed by atoms with Gasteiger partial charge in [0, 0.05) is 58.4 Å². The van der Waals surface area contributed by atoms with E-state index < -0.39 is 11.7 Å². The summed E-state index contributed by atoms with van der Waals surface area (Å²) >= 11 is 0. The van der Waals surface area contributed by atoms with Crippen LogP contribution in [-0.2, 0) is 22.2 Å². The van der Waals surface area contributed by atoms with E-state index in [2.05, 4.69) is 4.90 Å². The number of carbonyl (C=O) groups excluding carboxylic acids is 2. The molecule has 3 fully saturated rings. The summed E-state index contributed by atoms with van der Waals surface area (Å²) < 4.78 is 39.5. The van der Waals surface area contributed by atoms with Crippen LogP contribution >= 0.6 is 0 Å². The summed E-state index contributed by atoms with van der Waals surface area (Å²) in [4.78, 5) is 33.4. The van der Waals surface area contributed by atoms with E-state index in [1.165, 1.54) is 37.5 Å². The highest BCUT2D eigenvalue weighted by Crippen LogP contribution is 2.32. The molecular formula is C23H31F3N4O2. The summed E-state index contributed by atoms with van der Waals surface area (Å²) in [5.41, 5.74) is -0.751. The molecule has 0 bridgehead atoms. The predicted octanol–water partition coefficient (Wildman–Crippen LogP) is 2.09. The summed E-state index contributed by atoms with van der Waals surface area (Å²) in [6.45, 7) is 5.73. The topological polar surface area (TPSA) is 47.1 Å². The zero-order chi connectivity index (χ0) is 22.7. The van der Waals surface area contributed by atoms with Gasteiger partial charge in [-0.05, 0) is 24.5 Å². The van der Waals surface area contributed by atoms with Crippen LogP contribution in [0.5, 0.6) is 0 Å². The maximum absolute atomic E-state index is 13.2. The number of carbonyl (C=O) groups is 2. The van der Waals surface area contributed by atoms with Gasteiger partial charge in [-0.25, -0.2) is 0 Å². The molecule has 1 aromatic rings. The van der Waals surface area contributed by atoms with E-state index in [-0.39, 0.29) is 23.8 Å². The van der Waals surface area contributed by atoms with Crippen LogP contribution in [0.15, 0.2) is 24.3 Å². The Morgan fingerprint density at radius 3 is 2.03 bits per heavy atom. The number of rotatable bonds is 5. The molecular weight excluding hydrogens is 421 g/mol. The molecule has 0 unspecified atom stereocenters. The number of alkyl halides is 3. The molecule has 2 saturated heterocycles. The highest BCUT2D eigenvalue weighted by Gasteiger charge is 2.34. The highest BCUT2D eigenvalue weighted by atomic mass is 19.4. The van der Waals surface area contributed by atoms with E-state index in [9.17, 15) is 22.8 Å². The summed E-state index contributed by atoms with van der Waals surface area (Å²) in [6, 6.07) is 5.94. The van der Waals surface area contributed by atoms with Gasteiger partial charge < -0.3 is 9.80 Å². The third-order valence-corrected chi connectivity index (χ3v) is 7.01. The first kappa shape index (κ1) is 23.0. The molecule has 0 spiro atoms. The number of amides is 2. The predicted molar refractivity (Wildman–Crippen MR) is 114 cm³/mol. The normalized spacial score (nSPS) is 21.5. The molecule has 3 aliphatic rings. The molecule has 32 heavy (non-hydrogen) atoms. The summed E-state index contributed by atoms with van der Waals surface area (Å²) in [7, 11) is 0. The lowest BCUT2D eigenvalue weighted by atomic mass is 9.91. The summed E-state index contributed by atoms with van der Waals surface area (Å²) in [5, 5.41) is 0. The van der Waals surface area contributed by atoms with Crippen molar-refractivity contribution in [1.82, 2.24) is 19.6 Å². The van der Waals surface area contributed by atoms with Crippen molar-refractivity contribution in [2.45, 2.75) is 37.9 Å². The highest BCUT2D eigenvalue weighted by molar-refractivity contribution is 5.80. The monoisotopic (exact) mass is 452 g/mol. The van der Waals surface area contributed by atoms with Crippen LogP contribution in [-0.4, -0.2) is 96.4 Å². The third kappa shape index (κ3) is 5.43. The Kier molecular flexibility index (Phi) is 7.05. The average molecular weight is 453 g/mol.